The molecule has 0 atom stereocenters. The molecule has 0 radical (unpaired) electrons. The molecule has 27 heavy (non-hydrogen) atoms. The molecule has 0 spiro atoms. The second kappa shape index (κ2) is 10.2. The Bertz CT molecular complexity index is 818. The second-order valence-corrected chi connectivity index (χ2v) is 7.73. The molecule has 2 aromatic rings. The highest BCUT2D eigenvalue weighted by Gasteiger charge is 2.13. The maximum Gasteiger partial charge on any atom is 0.200 e. The Balaban J connectivity index is 2.09. The van der Waals surface area contributed by atoms with Gasteiger partial charge in [-0.3, -0.25) is 4.79 Å². The summed E-state index contributed by atoms with van der Waals surface area (Å²) in [6.07, 6.45) is 1.81. The summed E-state index contributed by atoms with van der Waals surface area (Å²) in [5.41, 5.74) is 3.46. The van der Waals surface area contributed by atoms with E-state index in [0.29, 0.717) is 5.56 Å². The molecule has 144 valence electrons. The Morgan fingerprint density at radius 2 is 1.96 bits per heavy atom. The fourth-order valence-electron chi connectivity index (χ4n) is 2.53. The van der Waals surface area contributed by atoms with Crippen LogP contribution >= 0.6 is 11.8 Å². The summed E-state index contributed by atoms with van der Waals surface area (Å²) in [5.74, 6) is 1.70. The number of hydrogen-bond donors (Lipinski definition) is 0. The van der Waals surface area contributed by atoms with E-state index >= 15 is 0 Å². The predicted molar refractivity (Wildman–Crippen MR) is 115 cm³/mol. The number of aryl methyl sites for hydroxylation is 2. The maximum absolute atomic E-state index is 12.6. The molecule has 0 unspecified atom stereocenters. The van der Waals surface area contributed by atoms with Gasteiger partial charge >= 0.3 is 0 Å². The van der Waals surface area contributed by atoms with Gasteiger partial charge in [-0.1, -0.05) is 13.0 Å². The molecular formula is C22H28N2O2S. The van der Waals surface area contributed by atoms with Crippen LogP contribution < -0.4 is 4.74 Å². The quantitative estimate of drug-likeness (QED) is 0.255. The predicted octanol–water partition coefficient (Wildman–Crippen LogP) is 5.29. The molecule has 0 amide bonds. The van der Waals surface area contributed by atoms with E-state index in [-0.39, 0.29) is 12.4 Å². The van der Waals surface area contributed by atoms with Gasteiger partial charge in [0.25, 0.3) is 0 Å². The Morgan fingerprint density at radius 3 is 2.67 bits per heavy atom. The minimum absolute atomic E-state index is 0.0228. The van der Waals surface area contributed by atoms with Crippen molar-refractivity contribution in [3.05, 3.63) is 53.1 Å². The van der Waals surface area contributed by atoms with Gasteiger partial charge in [0.1, 0.15) is 5.75 Å². The van der Waals surface area contributed by atoms with Crippen molar-refractivity contribution in [2.75, 3.05) is 26.0 Å². The second-order valence-electron chi connectivity index (χ2n) is 6.39. The molecular weight excluding hydrogens is 356 g/mol. The van der Waals surface area contributed by atoms with Gasteiger partial charge < -0.3 is 9.64 Å². The van der Waals surface area contributed by atoms with Crippen LogP contribution in [-0.2, 0) is 0 Å². The largest absolute Gasteiger partial charge is 0.485 e. The Labute approximate surface area is 166 Å². The number of thioether (sulfide) groups is 1. The monoisotopic (exact) mass is 384 g/mol. The summed E-state index contributed by atoms with van der Waals surface area (Å²) in [5, 5.41) is 0. The van der Waals surface area contributed by atoms with Gasteiger partial charge in [-0.25, -0.2) is 4.99 Å². The molecule has 0 aromatic heterocycles. The molecule has 0 saturated carbocycles. The zero-order chi connectivity index (χ0) is 19.8. The van der Waals surface area contributed by atoms with E-state index in [9.17, 15) is 4.79 Å². The van der Waals surface area contributed by atoms with E-state index in [1.807, 2.05) is 68.5 Å². The number of hydrogen-bond acceptors (Lipinski definition) is 4. The third-order valence-corrected chi connectivity index (χ3v) is 5.10. The minimum Gasteiger partial charge on any atom is -0.485 e. The number of rotatable bonds is 9. The highest BCUT2D eigenvalue weighted by molar-refractivity contribution is 7.99. The van der Waals surface area contributed by atoms with Gasteiger partial charge in [-0.2, -0.15) is 0 Å². The normalized spacial score (nSPS) is 11.0. The van der Waals surface area contributed by atoms with Gasteiger partial charge in [0.05, 0.1) is 12.0 Å². The fraction of sp³-hybridized carbons (Fsp3) is 0.364. The van der Waals surface area contributed by atoms with E-state index in [1.165, 1.54) is 0 Å². The molecule has 0 aliphatic carbocycles. The lowest BCUT2D eigenvalue weighted by Crippen LogP contribution is -2.14. The number of benzene rings is 2. The number of ketones is 1. The first kappa shape index (κ1) is 21.0. The number of carbonyl (C=O) groups excluding carboxylic acids is 1. The zero-order valence-corrected chi connectivity index (χ0v) is 17.6. The molecule has 0 aliphatic rings. The molecule has 2 aromatic carbocycles. The number of nitrogens with zero attached hydrogens (tertiary/aromatic N) is 2. The van der Waals surface area contributed by atoms with E-state index < -0.39 is 0 Å². The summed E-state index contributed by atoms with van der Waals surface area (Å²) in [4.78, 5) is 20.3. The van der Waals surface area contributed by atoms with Gasteiger partial charge in [-0.15, -0.1) is 11.8 Å². The van der Waals surface area contributed by atoms with Crippen LogP contribution in [0.4, 0.5) is 5.69 Å². The summed E-state index contributed by atoms with van der Waals surface area (Å²) in [7, 11) is 1.98. The number of aliphatic imine (C=N–C) groups is 1. The zero-order valence-electron chi connectivity index (χ0n) is 16.8. The summed E-state index contributed by atoms with van der Waals surface area (Å²) in [6.45, 7) is 9.02. The van der Waals surface area contributed by atoms with Crippen LogP contribution in [0.25, 0.3) is 0 Å². The van der Waals surface area contributed by atoms with Crippen molar-refractivity contribution in [1.29, 1.82) is 0 Å². The van der Waals surface area contributed by atoms with Crippen molar-refractivity contribution in [2.24, 2.45) is 4.99 Å². The van der Waals surface area contributed by atoms with Crippen LogP contribution in [0.3, 0.4) is 0 Å². The van der Waals surface area contributed by atoms with Crippen LogP contribution in [0.1, 0.15) is 35.3 Å². The van der Waals surface area contributed by atoms with Gasteiger partial charge in [-0.05, 0) is 68.0 Å². The standard InChI is InChI=1S/C22H28N2O2S/c1-6-24(5)15-23-21-12-16(3)20(11-17(21)4)22(25)14-26-18-9-8-10-19(13-18)27-7-2/h8-13,15H,6-7,14H2,1-5H3/b23-15+. The summed E-state index contributed by atoms with van der Waals surface area (Å²) in [6, 6.07) is 11.7. The van der Waals surface area contributed by atoms with Crippen molar-refractivity contribution in [3.63, 3.8) is 0 Å². The molecule has 4 nitrogen and oxygen atoms in total. The first-order valence-corrected chi connectivity index (χ1v) is 10.2. The number of ether oxygens (including phenoxy) is 1. The van der Waals surface area contributed by atoms with Crippen molar-refractivity contribution in [3.8, 4) is 5.75 Å². The first-order valence-electron chi connectivity index (χ1n) is 9.19. The third-order valence-electron chi connectivity index (χ3n) is 4.22. The van der Waals surface area contributed by atoms with Crippen molar-refractivity contribution < 1.29 is 9.53 Å². The Morgan fingerprint density at radius 1 is 1.19 bits per heavy atom. The van der Waals surface area contributed by atoms with Gasteiger partial charge in [0, 0.05) is 24.1 Å². The van der Waals surface area contributed by atoms with E-state index in [4.69, 9.17) is 4.74 Å². The molecule has 2 rings (SSSR count). The van der Waals surface area contributed by atoms with Crippen LogP contribution in [0.2, 0.25) is 0 Å². The number of Topliss-reactive ketones (excluding diaryl/α,β-unsaturated/α-hetero) is 1. The molecule has 0 aliphatic heterocycles. The average Bonchev–Trinajstić information content (AvgIpc) is 2.66. The Hall–Kier alpha value is -2.27. The minimum atomic E-state index is -0.0228. The SMILES string of the molecule is CCSc1cccc(OCC(=O)c2cc(C)c(/N=C/N(C)CC)cc2C)c1. The van der Waals surface area contributed by atoms with Crippen LogP contribution in [0.15, 0.2) is 46.3 Å². The third kappa shape index (κ3) is 6.14. The lowest BCUT2D eigenvalue weighted by atomic mass is 10.0. The highest BCUT2D eigenvalue weighted by Crippen LogP contribution is 2.25. The van der Waals surface area contributed by atoms with Crippen molar-refractivity contribution >= 4 is 29.6 Å². The van der Waals surface area contributed by atoms with Crippen LogP contribution in [0, 0.1) is 13.8 Å². The fourth-order valence-corrected chi connectivity index (χ4v) is 3.24. The van der Waals surface area contributed by atoms with E-state index in [1.54, 1.807) is 11.8 Å². The molecule has 0 fully saturated rings. The van der Waals surface area contributed by atoms with Crippen LogP contribution in [-0.4, -0.2) is 43.0 Å². The van der Waals surface area contributed by atoms with Gasteiger partial charge in [0.2, 0.25) is 0 Å². The molecule has 0 saturated heterocycles. The summed E-state index contributed by atoms with van der Waals surface area (Å²) >= 11 is 1.75. The lowest BCUT2D eigenvalue weighted by molar-refractivity contribution is 0.0920. The lowest BCUT2D eigenvalue weighted by Gasteiger charge is -2.12. The molecule has 0 N–H and O–H groups in total. The first-order chi connectivity index (χ1) is 12.9. The average molecular weight is 385 g/mol. The smallest absolute Gasteiger partial charge is 0.200 e. The van der Waals surface area contributed by atoms with Gasteiger partial charge in [0.15, 0.2) is 12.4 Å². The van der Waals surface area contributed by atoms with Crippen LogP contribution in [0.5, 0.6) is 5.75 Å². The molecule has 0 bridgehead atoms. The molecule has 0 heterocycles. The summed E-state index contributed by atoms with van der Waals surface area (Å²) < 4.78 is 5.73. The van der Waals surface area contributed by atoms with Crippen molar-refractivity contribution in [2.45, 2.75) is 32.6 Å². The van der Waals surface area contributed by atoms with E-state index in [2.05, 4.69) is 18.8 Å². The Kier molecular flexibility index (Phi) is 7.92. The molecule has 5 heteroatoms. The number of carbonyl (C=O) groups is 1. The topological polar surface area (TPSA) is 41.9 Å². The van der Waals surface area contributed by atoms with Crippen molar-refractivity contribution in [1.82, 2.24) is 4.90 Å². The van der Waals surface area contributed by atoms with E-state index in [0.717, 1.165) is 39.8 Å². The maximum atomic E-state index is 12.6. The highest BCUT2D eigenvalue weighted by atomic mass is 32.2.